The summed E-state index contributed by atoms with van der Waals surface area (Å²) in [6.45, 7) is 4.04. The van der Waals surface area contributed by atoms with Crippen LogP contribution in [0.1, 0.15) is 11.1 Å². The zero-order valence-corrected chi connectivity index (χ0v) is 10.8. The number of aryl methyl sites for hydroxylation is 2. The molecule has 0 unspecified atom stereocenters. The molecule has 4 heteroatoms. The van der Waals surface area contributed by atoms with Gasteiger partial charge in [0.05, 0.1) is 0 Å². The van der Waals surface area contributed by atoms with E-state index in [1.165, 1.54) is 12.3 Å². The second-order valence-electron chi connectivity index (χ2n) is 4.74. The predicted molar refractivity (Wildman–Crippen MR) is 74.5 cm³/mol. The Balaban J connectivity index is 2.31. The molecule has 0 aliphatic rings. The van der Waals surface area contributed by atoms with Gasteiger partial charge in [0.25, 0.3) is 0 Å². The first-order valence-corrected chi connectivity index (χ1v) is 6.07. The summed E-state index contributed by atoms with van der Waals surface area (Å²) in [5.74, 6) is 0.132. The molecule has 3 nitrogen and oxygen atoms in total. The molecule has 2 aromatic heterocycles. The van der Waals surface area contributed by atoms with Crippen LogP contribution in [0, 0.1) is 19.7 Å². The average molecular weight is 255 g/mol. The second-order valence-corrected chi connectivity index (χ2v) is 4.74. The Labute approximate surface area is 110 Å². The van der Waals surface area contributed by atoms with E-state index in [0.717, 1.165) is 16.7 Å². The summed E-state index contributed by atoms with van der Waals surface area (Å²) in [6, 6.07) is 9.14. The number of pyridine rings is 1. The molecule has 3 rings (SSSR count). The van der Waals surface area contributed by atoms with Crippen LogP contribution in [-0.2, 0) is 0 Å². The molecule has 2 N–H and O–H groups in total. The monoisotopic (exact) mass is 255 g/mol. The van der Waals surface area contributed by atoms with Crippen LogP contribution in [0.4, 0.5) is 10.2 Å². The highest BCUT2D eigenvalue weighted by Crippen LogP contribution is 2.29. The van der Waals surface area contributed by atoms with Crippen LogP contribution in [-0.4, -0.2) is 9.38 Å². The molecule has 0 saturated heterocycles. The van der Waals surface area contributed by atoms with Crippen molar-refractivity contribution in [2.24, 2.45) is 0 Å². The van der Waals surface area contributed by atoms with E-state index < -0.39 is 0 Å². The summed E-state index contributed by atoms with van der Waals surface area (Å²) in [4.78, 5) is 4.50. The number of hydrogen-bond donors (Lipinski definition) is 1. The lowest BCUT2D eigenvalue weighted by atomic mass is 10.0. The van der Waals surface area contributed by atoms with Gasteiger partial charge in [0.1, 0.15) is 23.0 Å². The number of imidazole rings is 1. The van der Waals surface area contributed by atoms with Crippen molar-refractivity contribution >= 4 is 11.5 Å². The minimum atomic E-state index is -0.330. The van der Waals surface area contributed by atoms with Crippen LogP contribution >= 0.6 is 0 Å². The zero-order chi connectivity index (χ0) is 13.6. The second kappa shape index (κ2) is 4.09. The average Bonchev–Trinajstić information content (AvgIpc) is 2.70. The third kappa shape index (κ3) is 1.85. The predicted octanol–water partition coefficient (Wildman–Crippen LogP) is 3.34. The van der Waals surface area contributed by atoms with Crippen molar-refractivity contribution in [3.05, 3.63) is 53.5 Å². The maximum Gasteiger partial charge on any atom is 0.140 e. The number of aromatic nitrogens is 2. The first-order chi connectivity index (χ1) is 9.06. The number of rotatable bonds is 1. The lowest BCUT2D eigenvalue weighted by Crippen LogP contribution is -1.95. The molecule has 0 amide bonds. The normalized spacial score (nSPS) is 11.1. The largest absolute Gasteiger partial charge is 0.383 e. The number of nitrogens with zero attached hydrogens (tertiary/aromatic N) is 2. The van der Waals surface area contributed by atoms with E-state index in [4.69, 9.17) is 5.73 Å². The van der Waals surface area contributed by atoms with Gasteiger partial charge in [-0.2, -0.15) is 0 Å². The van der Waals surface area contributed by atoms with Gasteiger partial charge in [-0.1, -0.05) is 17.7 Å². The Morgan fingerprint density at radius 3 is 2.74 bits per heavy atom. The van der Waals surface area contributed by atoms with E-state index in [9.17, 15) is 4.39 Å². The fraction of sp³-hybridized carbons (Fsp3) is 0.133. The third-order valence-corrected chi connectivity index (χ3v) is 3.27. The number of nitrogens with two attached hydrogens (primary N) is 1. The Hall–Kier alpha value is -2.36. The van der Waals surface area contributed by atoms with Crippen LogP contribution in [0.2, 0.25) is 0 Å². The fourth-order valence-corrected chi connectivity index (χ4v) is 2.23. The summed E-state index contributed by atoms with van der Waals surface area (Å²) >= 11 is 0. The van der Waals surface area contributed by atoms with E-state index in [1.807, 2.05) is 32.0 Å². The van der Waals surface area contributed by atoms with Gasteiger partial charge in [-0.3, -0.25) is 4.40 Å². The summed E-state index contributed by atoms with van der Waals surface area (Å²) in [5, 5.41) is 0. The van der Waals surface area contributed by atoms with Crippen molar-refractivity contribution in [1.82, 2.24) is 9.38 Å². The minimum absolute atomic E-state index is 0.330. The van der Waals surface area contributed by atoms with Crippen molar-refractivity contribution in [3.8, 4) is 11.3 Å². The highest BCUT2D eigenvalue weighted by Gasteiger charge is 2.13. The van der Waals surface area contributed by atoms with Crippen LogP contribution in [0.3, 0.4) is 0 Å². The van der Waals surface area contributed by atoms with Crippen molar-refractivity contribution in [2.45, 2.75) is 13.8 Å². The van der Waals surface area contributed by atoms with E-state index in [2.05, 4.69) is 4.98 Å². The summed E-state index contributed by atoms with van der Waals surface area (Å²) in [7, 11) is 0. The SMILES string of the molecule is Cc1ccc(C)c(-c2nc3ccc(F)cn3c2N)c1. The zero-order valence-electron chi connectivity index (χ0n) is 10.8. The fourth-order valence-electron chi connectivity index (χ4n) is 2.23. The van der Waals surface area contributed by atoms with Gasteiger partial charge in [0.15, 0.2) is 0 Å². The molecule has 96 valence electrons. The number of nitrogen functional groups attached to an aromatic ring is 1. The maximum atomic E-state index is 13.3. The highest BCUT2D eigenvalue weighted by molar-refractivity contribution is 5.77. The summed E-state index contributed by atoms with van der Waals surface area (Å²) < 4.78 is 14.8. The molecule has 0 radical (unpaired) electrons. The quantitative estimate of drug-likeness (QED) is 0.724. The molecule has 0 saturated carbocycles. The number of anilines is 1. The molecule has 0 spiro atoms. The van der Waals surface area contributed by atoms with E-state index >= 15 is 0 Å². The lowest BCUT2D eigenvalue weighted by Gasteiger charge is -2.05. The van der Waals surface area contributed by atoms with Crippen molar-refractivity contribution in [2.75, 3.05) is 5.73 Å². The van der Waals surface area contributed by atoms with Gasteiger partial charge in [-0.05, 0) is 37.6 Å². The Morgan fingerprint density at radius 1 is 1.16 bits per heavy atom. The van der Waals surface area contributed by atoms with E-state index in [1.54, 1.807) is 10.5 Å². The summed E-state index contributed by atoms with van der Waals surface area (Å²) in [5.41, 5.74) is 10.7. The third-order valence-electron chi connectivity index (χ3n) is 3.27. The van der Waals surface area contributed by atoms with E-state index in [-0.39, 0.29) is 5.82 Å². The van der Waals surface area contributed by atoms with Gasteiger partial charge >= 0.3 is 0 Å². The van der Waals surface area contributed by atoms with Crippen molar-refractivity contribution < 1.29 is 4.39 Å². The molecule has 19 heavy (non-hydrogen) atoms. The van der Waals surface area contributed by atoms with Gasteiger partial charge in [-0.25, -0.2) is 9.37 Å². The Bertz CT molecular complexity index is 774. The van der Waals surface area contributed by atoms with Crippen molar-refractivity contribution in [1.29, 1.82) is 0 Å². The first kappa shape index (κ1) is 11.7. The molecule has 0 aliphatic carbocycles. The van der Waals surface area contributed by atoms with Gasteiger partial charge < -0.3 is 5.73 Å². The van der Waals surface area contributed by atoms with Crippen molar-refractivity contribution in [3.63, 3.8) is 0 Å². The molecular weight excluding hydrogens is 241 g/mol. The number of fused-ring (bicyclic) bond motifs is 1. The molecule has 0 bridgehead atoms. The van der Waals surface area contributed by atoms with Crippen LogP contribution in [0.15, 0.2) is 36.5 Å². The number of hydrogen-bond acceptors (Lipinski definition) is 2. The molecule has 3 aromatic rings. The molecule has 0 aliphatic heterocycles. The summed E-state index contributed by atoms with van der Waals surface area (Å²) in [6.07, 6.45) is 1.35. The topological polar surface area (TPSA) is 43.3 Å². The van der Waals surface area contributed by atoms with Crippen LogP contribution in [0.25, 0.3) is 16.9 Å². The first-order valence-electron chi connectivity index (χ1n) is 6.07. The lowest BCUT2D eigenvalue weighted by molar-refractivity contribution is 0.619. The molecule has 2 heterocycles. The Kier molecular flexibility index (Phi) is 2.52. The van der Waals surface area contributed by atoms with Gasteiger partial charge in [0, 0.05) is 11.8 Å². The van der Waals surface area contributed by atoms with Crippen LogP contribution < -0.4 is 5.73 Å². The van der Waals surface area contributed by atoms with E-state index in [0.29, 0.717) is 17.2 Å². The molecule has 0 fully saturated rings. The standard InChI is InChI=1S/C15H14FN3/c1-9-3-4-10(2)12(7-9)14-15(17)19-8-11(16)5-6-13(19)18-14/h3-8H,17H2,1-2H3. The minimum Gasteiger partial charge on any atom is -0.383 e. The van der Waals surface area contributed by atoms with Crippen LogP contribution in [0.5, 0.6) is 0 Å². The molecule has 0 atom stereocenters. The van der Waals surface area contributed by atoms with Gasteiger partial charge in [-0.15, -0.1) is 0 Å². The number of benzene rings is 1. The Morgan fingerprint density at radius 2 is 1.95 bits per heavy atom. The molecule has 1 aromatic carbocycles. The molecular formula is C15H14FN3. The smallest absolute Gasteiger partial charge is 0.140 e. The highest BCUT2D eigenvalue weighted by atomic mass is 19.1. The maximum absolute atomic E-state index is 13.3. The van der Waals surface area contributed by atoms with Gasteiger partial charge in [0.2, 0.25) is 0 Å². The number of halogens is 1.